The Morgan fingerprint density at radius 2 is 1.88 bits per heavy atom. The fourth-order valence-corrected chi connectivity index (χ4v) is 2.78. The van der Waals surface area contributed by atoms with E-state index in [-0.39, 0.29) is 18.1 Å². The van der Waals surface area contributed by atoms with Gasteiger partial charge < -0.3 is 14.9 Å². The Morgan fingerprint density at radius 1 is 1.19 bits per heavy atom. The maximum atomic E-state index is 12.2. The van der Waals surface area contributed by atoms with Crippen molar-refractivity contribution in [3.63, 3.8) is 0 Å². The summed E-state index contributed by atoms with van der Waals surface area (Å²) in [5.74, 6) is -0.0527. The number of hydrogen-bond acceptors (Lipinski definition) is 5. The van der Waals surface area contributed by atoms with Gasteiger partial charge in [-0.15, -0.1) is 0 Å². The van der Waals surface area contributed by atoms with Gasteiger partial charge in [-0.2, -0.15) is 0 Å². The minimum absolute atomic E-state index is 0.00903. The second-order valence-corrected chi connectivity index (χ2v) is 6.64. The molecule has 0 unspecified atom stereocenters. The van der Waals surface area contributed by atoms with Gasteiger partial charge in [-0.05, 0) is 62.2 Å². The summed E-state index contributed by atoms with van der Waals surface area (Å²) in [5, 5.41) is 21.7. The Balaban J connectivity index is 2.10. The van der Waals surface area contributed by atoms with Gasteiger partial charge in [0.1, 0.15) is 11.9 Å². The van der Waals surface area contributed by atoms with Gasteiger partial charge in [0, 0.05) is 27.9 Å². The summed E-state index contributed by atoms with van der Waals surface area (Å²) in [6.45, 7) is 1.41. The molecule has 0 heterocycles. The van der Waals surface area contributed by atoms with Crippen LogP contribution >= 0.6 is 15.9 Å². The standard InChI is InChI=1S/C19H20BrNO5/c1-12(23)13-4-7-15(8-5-13)21-19(25)26-18(3-2-10-22)16-11-14(20)6-9-17(16)24/h4-9,11,18,22,24H,2-3,10H2,1H3,(H,21,25)/t18-/m1/s1. The van der Waals surface area contributed by atoms with E-state index in [2.05, 4.69) is 21.2 Å². The highest BCUT2D eigenvalue weighted by Crippen LogP contribution is 2.33. The van der Waals surface area contributed by atoms with E-state index in [9.17, 15) is 14.7 Å². The topological polar surface area (TPSA) is 95.9 Å². The Bertz CT molecular complexity index is 776. The first-order chi connectivity index (χ1) is 12.4. The second kappa shape index (κ2) is 9.35. The number of Topliss-reactive ketones (excluding diaryl/α,β-unsaturated/α-hetero) is 1. The van der Waals surface area contributed by atoms with Crippen LogP contribution in [0, 0.1) is 0 Å². The number of phenolic OH excluding ortho intramolecular Hbond substituents is 1. The van der Waals surface area contributed by atoms with E-state index in [4.69, 9.17) is 9.84 Å². The number of aliphatic hydroxyl groups excluding tert-OH is 1. The van der Waals surface area contributed by atoms with Crippen molar-refractivity contribution in [2.75, 3.05) is 11.9 Å². The van der Waals surface area contributed by atoms with Crippen molar-refractivity contribution in [2.24, 2.45) is 0 Å². The molecule has 138 valence electrons. The normalized spacial score (nSPS) is 11.7. The van der Waals surface area contributed by atoms with Crippen LogP contribution in [-0.4, -0.2) is 28.7 Å². The van der Waals surface area contributed by atoms with Crippen molar-refractivity contribution in [2.45, 2.75) is 25.9 Å². The molecule has 0 aliphatic rings. The molecule has 0 radical (unpaired) electrons. The molecule has 0 bridgehead atoms. The first-order valence-electron chi connectivity index (χ1n) is 8.08. The van der Waals surface area contributed by atoms with E-state index in [1.807, 2.05) is 0 Å². The number of aliphatic hydroxyl groups is 1. The van der Waals surface area contributed by atoms with Crippen molar-refractivity contribution >= 4 is 33.5 Å². The molecular formula is C19H20BrNO5. The highest BCUT2D eigenvalue weighted by molar-refractivity contribution is 9.10. The van der Waals surface area contributed by atoms with Crippen molar-refractivity contribution < 1.29 is 24.5 Å². The van der Waals surface area contributed by atoms with Gasteiger partial charge in [0.05, 0.1) is 0 Å². The number of ether oxygens (including phenoxy) is 1. The van der Waals surface area contributed by atoms with E-state index in [0.29, 0.717) is 29.7 Å². The lowest BCUT2D eigenvalue weighted by atomic mass is 10.0. The molecule has 0 spiro atoms. The number of hydrogen-bond donors (Lipinski definition) is 3. The summed E-state index contributed by atoms with van der Waals surface area (Å²) < 4.78 is 6.19. The molecule has 0 aliphatic carbocycles. The SMILES string of the molecule is CC(=O)c1ccc(NC(=O)O[C@H](CCCO)c2cc(Br)ccc2O)cc1. The number of benzene rings is 2. The first kappa shape index (κ1) is 19.9. The molecule has 2 aromatic carbocycles. The summed E-state index contributed by atoms with van der Waals surface area (Å²) in [5.41, 5.74) is 1.48. The zero-order chi connectivity index (χ0) is 19.1. The van der Waals surface area contributed by atoms with Crippen LogP contribution in [0.4, 0.5) is 10.5 Å². The third-order valence-electron chi connectivity index (χ3n) is 3.75. The maximum absolute atomic E-state index is 12.2. The van der Waals surface area contributed by atoms with Crippen LogP contribution in [0.5, 0.6) is 5.75 Å². The van der Waals surface area contributed by atoms with E-state index < -0.39 is 12.2 Å². The largest absolute Gasteiger partial charge is 0.508 e. The molecule has 3 N–H and O–H groups in total. The highest BCUT2D eigenvalue weighted by Gasteiger charge is 2.20. The smallest absolute Gasteiger partial charge is 0.412 e. The maximum Gasteiger partial charge on any atom is 0.412 e. The highest BCUT2D eigenvalue weighted by atomic mass is 79.9. The first-order valence-corrected chi connectivity index (χ1v) is 8.88. The molecule has 1 atom stereocenters. The van der Waals surface area contributed by atoms with Crippen LogP contribution in [0.25, 0.3) is 0 Å². The molecular weight excluding hydrogens is 402 g/mol. The summed E-state index contributed by atoms with van der Waals surface area (Å²) >= 11 is 3.33. The van der Waals surface area contributed by atoms with Gasteiger partial charge in [0.25, 0.3) is 0 Å². The number of carbonyl (C=O) groups is 2. The number of carbonyl (C=O) groups excluding carboxylic acids is 2. The van der Waals surface area contributed by atoms with Gasteiger partial charge in [-0.3, -0.25) is 10.1 Å². The van der Waals surface area contributed by atoms with Crippen molar-refractivity contribution in [1.29, 1.82) is 0 Å². The van der Waals surface area contributed by atoms with E-state index in [1.54, 1.807) is 36.4 Å². The third kappa shape index (κ3) is 5.57. The molecule has 2 aromatic rings. The molecule has 2 rings (SSSR count). The second-order valence-electron chi connectivity index (χ2n) is 5.72. The van der Waals surface area contributed by atoms with Gasteiger partial charge in [0.15, 0.2) is 5.78 Å². The molecule has 26 heavy (non-hydrogen) atoms. The Hall–Kier alpha value is -2.38. The molecule has 0 saturated heterocycles. The average molecular weight is 422 g/mol. The number of nitrogens with one attached hydrogen (secondary N) is 1. The molecule has 0 fully saturated rings. The summed E-state index contributed by atoms with van der Waals surface area (Å²) in [6, 6.07) is 11.3. The van der Waals surface area contributed by atoms with E-state index in [0.717, 1.165) is 4.47 Å². The van der Waals surface area contributed by atoms with Crippen molar-refractivity contribution in [1.82, 2.24) is 0 Å². The quantitative estimate of drug-likeness (QED) is 0.575. The monoisotopic (exact) mass is 421 g/mol. The zero-order valence-electron chi connectivity index (χ0n) is 14.2. The fraction of sp³-hybridized carbons (Fsp3) is 0.263. The summed E-state index contributed by atoms with van der Waals surface area (Å²) in [6.07, 6.45) is -0.631. The lowest BCUT2D eigenvalue weighted by Crippen LogP contribution is -2.18. The van der Waals surface area contributed by atoms with Crippen LogP contribution in [0.2, 0.25) is 0 Å². The van der Waals surface area contributed by atoms with Crippen LogP contribution in [0.1, 0.15) is 41.8 Å². The average Bonchev–Trinajstić information content (AvgIpc) is 2.61. The number of ketones is 1. The van der Waals surface area contributed by atoms with Gasteiger partial charge in [-0.1, -0.05) is 15.9 Å². The van der Waals surface area contributed by atoms with Crippen molar-refractivity contribution in [3.05, 3.63) is 58.1 Å². The molecule has 0 aromatic heterocycles. The minimum Gasteiger partial charge on any atom is -0.508 e. The lowest BCUT2D eigenvalue weighted by molar-refractivity contribution is 0.0978. The number of rotatable bonds is 7. The molecule has 1 amide bonds. The van der Waals surface area contributed by atoms with Crippen LogP contribution < -0.4 is 5.32 Å². The summed E-state index contributed by atoms with van der Waals surface area (Å²) in [7, 11) is 0. The van der Waals surface area contributed by atoms with E-state index >= 15 is 0 Å². The van der Waals surface area contributed by atoms with Crippen molar-refractivity contribution in [3.8, 4) is 5.75 Å². The lowest BCUT2D eigenvalue weighted by Gasteiger charge is -2.19. The van der Waals surface area contributed by atoms with Gasteiger partial charge in [0.2, 0.25) is 0 Å². The molecule has 0 saturated carbocycles. The Kier molecular flexibility index (Phi) is 7.17. The summed E-state index contributed by atoms with van der Waals surface area (Å²) in [4.78, 5) is 23.5. The van der Waals surface area contributed by atoms with E-state index in [1.165, 1.54) is 13.0 Å². The predicted molar refractivity (Wildman–Crippen MR) is 101 cm³/mol. The number of amides is 1. The Labute approximate surface area is 159 Å². The fourth-order valence-electron chi connectivity index (χ4n) is 2.40. The number of aromatic hydroxyl groups is 1. The number of phenols is 1. The predicted octanol–water partition coefficient (Wildman–Crippen LogP) is 4.42. The molecule has 0 aliphatic heterocycles. The van der Waals surface area contributed by atoms with Gasteiger partial charge in [-0.25, -0.2) is 4.79 Å². The van der Waals surface area contributed by atoms with Crippen LogP contribution in [0.15, 0.2) is 46.9 Å². The zero-order valence-corrected chi connectivity index (χ0v) is 15.8. The van der Waals surface area contributed by atoms with Crippen LogP contribution in [-0.2, 0) is 4.74 Å². The number of anilines is 1. The van der Waals surface area contributed by atoms with Gasteiger partial charge >= 0.3 is 6.09 Å². The molecule has 7 heteroatoms. The van der Waals surface area contributed by atoms with Crippen LogP contribution in [0.3, 0.4) is 0 Å². The Morgan fingerprint density at radius 3 is 2.50 bits per heavy atom. The molecule has 6 nitrogen and oxygen atoms in total. The third-order valence-corrected chi connectivity index (χ3v) is 4.24. The minimum atomic E-state index is -0.712. The number of halogens is 1.